The van der Waals surface area contributed by atoms with Crippen LogP contribution in [0.4, 0.5) is 0 Å². The summed E-state index contributed by atoms with van der Waals surface area (Å²) in [5.41, 5.74) is 8.93. The normalized spacial score (nSPS) is 27.9. The first kappa shape index (κ1) is 23.9. The van der Waals surface area contributed by atoms with Gasteiger partial charge < -0.3 is 0 Å². The molecule has 2 aromatic carbocycles. The molecule has 0 aromatic heterocycles. The van der Waals surface area contributed by atoms with Crippen LogP contribution in [0.25, 0.3) is 34.1 Å². The molecular weight excluding hydrogens is 480 g/mol. The van der Waals surface area contributed by atoms with Gasteiger partial charge in [-0.25, -0.2) is 0 Å². The molecule has 4 unspecified atom stereocenters. The minimum Gasteiger partial charge on any atom is -0.0839 e. The van der Waals surface area contributed by atoms with Crippen LogP contribution in [0.1, 0.15) is 49.7 Å². The van der Waals surface area contributed by atoms with Gasteiger partial charge >= 0.3 is 0 Å². The molecule has 8 rings (SSSR count). The average molecular weight is 517 g/mol. The van der Waals surface area contributed by atoms with Crippen molar-refractivity contribution in [3.63, 3.8) is 0 Å². The lowest BCUT2D eigenvalue weighted by molar-refractivity contribution is 0.509. The van der Waals surface area contributed by atoms with E-state index in [4.69, 9.17) is 0 Å². The predicted molar refractivity (Wildman–Crippen MR) is 172 cm³/mol. The van der Waals surface area contributed by atoms with E-state index in [1.165, 1.54) is 67.5 Å². The summed E-state index contributed by atoms with van der Waals surface area (Å²) in [4.78, 5) is 0. The Balaban J connectivity index is 1.39. The highest BCUT2D eigenvalue weighted by atomic mass is 14.3. The molecule has 0 heterocycles. The van der Waals surface area contributed by atoms with Gasteiger partial charge in [-0.1, -0.05) is 121 Å². The summed E-state index contributed by atoms with van der Waals surface area (Å²) >= 11 is 0. The molecule has 0 nitrogen and oxygen atoms in total. The summed E-state index contributed by atoms with van der Waals surface area (Å²) in [6, 6.07) is 9.27. The van der Waals surface area contributed by atoms with Crippen LogP contribution in [0.2, 0.25) is 0 Å². The SMILES string of the molecule is C1=CCC2CCC(c3c4c(c(C5=CC=C6C=CC=CC6C5)c5ccccc35)=CC(C3C=CC=CC3)CC=4)=CC2=C1. The lowest BCUT2D eigenvalue weighted by atomic mass is 9.74. The number of rotatable bonds is 3. The van der Waals surface area contributed by atoms with E-state index in [0.717, 1.165) is 25.7 Å². The number of hydrogen-bond donors (Lipinski definition) is 0. The molecule has 4 atom stereocenters. The van der Waals surface area contributed by atoms with Crippen molar-refractivity contribution in [3.8, 4) is 0 Å². The molecule has 0 amide bonds. The highest BCUT2D eigenvalue weighted by Crippen LogP contribution is 2.41. The molecule has 6 aliphatic rings. The highest BCUT2D eigenvalue weighted by Gasteiger charge is 2.27. The fourth-order valence-electron chi connectivity index (χ4n) is 7.90. The Morgan fingerprint density at radius 2 is 1.50 bits per heavy atom. The molecule has 0 aliphatic heterocycles. The molecular formula is C40H36. The summed E-state index contributed by atoms with van der Waals surface area (Å²) in [7, 11) is 0. The van der Waals surface area contributed by atoms with Gasteiger partial charge in [0.2, 0.25) is 0 Å². The van der Waals surface area contributed by atoms with Crippen LogP contribution in [0.3, 0.4) is 0 Å². The second-order valence-corrected chi connectivity index (χ2v) is 12.3. The van der Waals surface area contributed by atoms with Crippen molar-refractivity contribution < 1.29 is 0 Å². The van der Waals surface area contributed by atoms with E-state index in [-0.39, 0.29) is 0 Å². The van der Waals surface area contributed by atoms with E-state index < -0.39 is 0 Å². The minimum absolute atomic E-state index is 0.471. The van der Waals surface area contributed by atoms with Crippen LogP contribution in [-0.2, 0) is 0 Å². The maximum absolute atomic E-state index is 2.67. The molecule has 40 heavy (non-hydrogen) atoms. The van der Waals surface area contributed by atoms with Crippen LogP contribution in [0, 0.1) is 23.7 Å². The molecule has 0 saturated heterocycles. The average Bonchev–Trinajstić information content (AvgIpc) is 3.03. The Hall–Kier alpha value is -3.90. The first-order valence-electron chi connectivity index (χ1n) is 15.3. The Labute approximate surface area is 237 Å². The van der Waals surface area contributed by atoms with Gasteiger partial charge in [0.05, 0.1) is 0 Å². The molecule has 2 aromatic rings. The van der Waals surface area contributed by atoms with Gasteiger partial charge in [0.25, 0.3) is 0 Å². The van der Waals surface area contributed by atoms with Gasteiger partial charge in [0.1, 0.15) is 0 Å². The van der Waals surface area contributed by atoms with Crippen molar-refractivity contribution in [2.24, 2.45) is 23.7 Å². The number of fused-ring (bicyclic) bond motifs is 4. The van der Waals surface area contributed by atoms with Gasteiger partial charge in [-0.15, -0.1) is 0 Å². The monoisotopic (exact) mass is 516 g/mol. The van der Waals surface area contributed by atoms with Crippen molar-refractivity contribution in [3.05, 3.63) is 142 Å². The quantitative estimate of drug-likeness (QED) is 0.383. The third kappa shape index (κ3) is 4.05. The standard InChI is InChI=1S/C40H36/c1-2-10-27(11-3-1)32-22-23-37-38(26-32)40(34-21-19-29-13-5-7-15-31(29)25-34)36-17-9-8-16-35(36)39(37)33-20-18-28-12-4-6-14-30(28)24-33/h1-10,13-17,19,21,23-24,26-28,31-32H,11-12,18,20,22,25H2. The van der Waals surface area contributed by atoms with Gasteiger partial charge in [0, 0.05) is 5.92 Å². The van der Waals surface area contributed by atoms with Crippen molar-refractivity contribution >= 4 is 34.1 Å². The minimum atomic E-state index is 0.471. The fourth-order valence-corrected chi connectivity index (χ4v) is 7.90. The molecule has 6 aliphatic carbocycles. The van der Waals surface area contributed by atoms with Crippen LogP contribution in [0.15, 0.2) is 120 Å². The van der Waals surface area contributed by atoms with Crippen molar-refractivity contribution in [2.75, 3.05) is 0 Å². The molecule has 0 spiro atoms. The number of allylic oxidation sites excluding steroid dienone is 18. The number of hydrogen-bond acceptors (Lipinski definition) is 0. The zero-order chi connectivity index (χ0) is 26.5. The third-order valence-corrected chi connectivity index (χ3v) is 9.98. The summed E-state index contributed by atoms with van der Waals surface area (Å²) in [6.07, 6.45) is 44.7. The molecule has 0 bridgehead atoms. The Kier molecular flexibility index (Phi) is 5.95. The highest BCUT2D eigenvalue weighted by molar-refractivity contribution is 6.02. The lowest BCUT2D eigenvalue weighted by Gasteiger charge is -2.30. The van der Waals surface area contributed by atoms with E-state index in [0.29, 0.717) is 23.7 Å². The van der Waals surface area contributed by atoms with Crippen LogP contribution in [0.5, 0.6) is 0 Å². The maximum atomic E-state index is 2.67. The summed E-state index contributed by atoms with van der Waals surface area (Å²) < 4.78 is 0. The zero-order valence-corrected chi connectivity index (χ0v) is 23.1. The van der Waals surface area contributed by atoms with Crippen molar-refractivity contribution in [1.82, 2.24) is 0 Å². The second-order valence-electron chi connectivity index (χ2n) is 12.3. The molecule has 0 N–H and O–H groups in total. The van der Waals surface area contributed by atoms with Gasteiger partial charge in [-0.3, -0.25) is 0 Å². The van der Waals surface area contributed by atoms with Crippen LogP contribution in [-0.4, -0.2) is 0 Å². The van der Waals surface area contributed by atoms with Crippen molar-refractivity contribution in [1.29, 1.82) is 0 Å². The Morgan fingerprint density at radius 1 is 0.650 bits per heavy atom. The number of benzene rings is 2. The molecule has 0 fully saturated rings. The molecule has 0 saturated carbocycles. The van der Waals surface area contributed by atoms with E-state index >= 15 is 0 Å². The fraction of sp³-hybridized carbons (Fsp3) is 0.250. The van der Waals surface area contributed by atoms with E-state index in [1.54, 1.807) is 0 Å². The largest absolute Gasteiger partial charge is 0.0839 e. The van der Waals surface area contributed by atoms with Gasteiger partial charge in [-0.2, -0.15) is 0 Å². The van der Waals surface area contributed by atoms with E-state index in [1.807, 2.05) is 0 Å². The molecule has 196 valence electrons. The predicted octanol–water partition coefficient (Wildman–Crippen LogP) is 8.69. The Morgan fingerprint density at radius 3 is 2.38 bits per heavy atom. The van der Waals surface area contributed by atoms with Gasteiger partial charge in [-0.05, 0) is 111 Å². The van der Waals surface area contributed by atoms with Crippen molar-refractivity contribution in [2.45, 2.75) is 38.5 Å². The van der Waals surface area contributed by atoms with E-state index in [2.05, 4.69) is 121 Å². The summed E-state index contributed by atoms with van der Waals surface area (Å²) in [6.45, 7) is 0. The van der Waals surface area contributed by atoms with Gasteiger partial charge in [0.15, 0.2) is 0 Å². The topological polar surface area (TPSA) is 0 Å². The molecule has 0 heteroatoms. The zero-order valence-electron chi connectivity index (χ0n) is 23.1. The summed E-state index contributed by atoms with van der Waals surface area (Å²) in [5, 5.41) is 5.80. The third-order valence-electron chi connectivity index (χ3n) is 9.98. The Bertz CT molecular complexity index is 1800. The first-order chi connectivity index (χ1) is 19.8. The molecule has 0 radical (unpaired) electrons. The van der Waals surface area contributed by atoms with E-state index in [9.17, 15) is 0 Å². The lowest BCUT2D eigenvalue weighted by Crippen LogP contribution is -2.37. The first-order valence-corrected chi connectivity index (χ1v) is 15.3. The van der Waals surface area contributed by atoms with Crippen LogP contribution >= 0.6 is 0 Å². The summed E-state index contributed by atoms with van der Waals surface area (Å²) in [5.74, 6) is 2.26. The van der Waals surface area contributed by atoms with Crippen LogP contribution < -0.4 is 10.4 Å². The smallest absolute Gasteiger partial charge is 0.00617 e. The maximum Gasteiger partial charge on any atom is 0.00617 e. The second kappa shape index (κ2) is 9.93.